The lowest BCUT2D eigenvalue weighted by molar-refractivity contribution is -0.116. The average Bonchev–Trinajstić information content (AvgIpc) is 3.48. The maximum Gasteiger partial charge on any atom is 0.308 e. The van der Waals surface area contributed by atoms with E-state index < -0.39 is 0 Å². The summed E-state index contributed by atoms with van der Waals surface area (Å²) in [6, 6.07) is 17.5. The van der Waals surface area contributed by atoms with E-state index in [0.717, 1.165) is 26.5 Å². The normalized spacial score (nSPS) is 27.7. The van der Waals surface area contributed by atoms with Crippen molar-refractivity contribution in [2.75, 3.05) is 5.32 Å². The molecule has 2 aliphatic carbocycles. The molecule has 0 unspecified atom stereocenters. The van der Waals surface area contributed by atoms with Crippen LogP contribution in [0.1, 0.15) is 35.6 Å². The molecule has 6 rings (SSSR count). The minimum absolute atomic E-state index is 0.0444. The molecule has 5 atom stereocenters. The van der Waals surface area contributed by atoms with Crippen LogP contribution in [-0.4, -0.2) is 15.7 Å². The minimum atomic E-state index is -0.169. The Morgan fingerprint density at radius 2 is 1.81 bits per heavy atom. The van der Waals surface area contributed by atoms with Gasteiger partial charge in [-0.2, -0.15) is 0 Å². The third kappa shape index (κ3) is 3.44. The van der Waals surface area contributed by atoms with Crippen LogP contribution < -0.4 is 10.2 Å². The van der Waals surface area contributed by atoms with E-state index in [1.54, 1.807) is 4.57 Å². The van der Waals surface area contributed by atoms with E-state index in [4.69, 9.17) is 11.6 Å². The molecule has 1 N–H and O–H groups in total. The van der Waals surface area contributed by atoms with Gasteiger partial charge in [0.05, 0.1) is 5.03 Å². The van der Waals surface area contributed by atoms with Crippen molar-refractivity contribution >= 4 is 46.3 Å². The highest BCUT2D eigenvalue weighted by molar-refractivity contribution is 8.00. The predicted molar refractivity (Wildman–Crippen MR) is 131 cm³/mol. The minimum Gasteiger partial charge on any atom is -0.325 e. The second-order valence-corrected chi connectivity index (χ2v) is 11.7. The highest BCUT2D eigenvalue weighted by Gasteiger charge is 2.55. The molecule has 0 radical (unpaired) electrons. The van der Waals surface area contributed by atoms with Gasteiger partial charge in [-0.15, -0.1) is 11.8 Å². The fraction of sp³-hybridized carbons (Fsp3) is 0.360. The van der Waals surface area contributed by atoms with E-state index in [2.05, 4.69) is 17.4 Å². The van der Waals surface area contributed by atoms with Gasteiger partial charge in [0.1, 0.15) is 6.54 Å². The number of thiazole rings is 1. The largest absolute Gasteiger partial charge is 0.325 e. The van der Waals surface area contributed by atoms with E-state index in [-0.39, 0.29) is 23.2 Å². The number of nitrogens with zero attached hydrogens (tertiary/aromatic N) is 1. The number of fused-ring (bicyclic) bond motifs is 6. The van der Waals surface area contributed by atoms with Gasteiger partial charge >= 0.3 is 4.87 Å². The van der Waals surface area contributed by atoms with Gasteiger partial charge in [-0.3, -0.25) is 14.2 Å². The average molecular weight is 483 g/mol. The SMILES string of the molecule is O=C(Cn1c2c(sc1=O)[C@@H](c1ccc(Cl)cc1)[C@H]1[C@H]3CC[C@@H](C3)[C@@H]1S2)Nc1ccccc1. The van der Waals surface area contributed by atoms with E-state index >= 15 is 0 Å². The Kier molecular flexibility index (Phi) is 5.20. The monoisotopic (exact) mass is 482 g/mol. The number of halogens is 1. The molecule has 32 heavy (non-hydrogen) atoms. The highest BCUT2D eigenvalue weighted by atomic mass is 35.5. The van der Waals surface area contributed by atoms with Crippen LogP contribution >= 0.6 is 34.7 Å². The second kappa shape index (κ2) is 8.08. The fourth-order valence-electron chi connectivity index (χ4n) is 6.00. The van der Waals surface area contributed by atoms with Crippen molar-refractivity contribution in [3.05, 3.63) is 79.7 Å². The summed E-state index contributed by atoms with van der Waals surface area (Å²) in [5.41, 5.74) is 1.98. The summed E-state index contributed by atoms with van der Waals surface area (Å²) in [5, 5.41) is 5.16. The lowest BCUT2D eigenvalue weighted by Gasteiger charge is -2.40. The summed E-state index contributed by atoms with van der Waals surface area (Å²) in [6.07, 6.45) is 3.87. The summed E-state index contributed by atoms with van der Waals surface area (Å²) in [4.78, 5) is 26.9. The lowest BCUT2D eigenvalue weighted by Crippen LogP contribution is -2.34. The van der Waals surface area contributed by atoms with Crippen LogP contribution in [0.4, 0.5) is 5.69 Å². The maximum atomic E-state index is 13.1. The number of anilines is 1. The molecule has 2 saturated carbocycles. The zero-order valence-corrected chi connectivity index (χ0v) is 19.8. The molecular formula is C25H23ClN2O2S2. The van der Waals surface area contributed by atoms with Crippen molar-refractivity contribution < 1.29 is 4.79 Å². The van der Waals surface area contributed by atoms with Gasteiger partial charge in [-0.05, 0) is 66.8 Å². The molecule has 2 heterocycles. The van der Waals surface area contributed by atoms with E-state index in [0.29, 0.717) is 17.1 Å². The highest BCUT2D eigenvalue weighted by Crippen LogP contribution is 2.64. The summed E-state index contributed by atoms with van der Waals surface area (Å²) >= 11 is 9.36. The number of carbonyl (C=O) groups is 1. The van der Waals surface area contributed by atoms with Crippen LogP contribution in [-0.2, 0) is 11.3 Å². The summed E-state index contributed by atoms with van der Waals surface area (Å²) in [5.74, 6) is 2.02. The first-order chi connectivity index (χ1) is 15.6. The predicted octanol–water partition coefficient (Wildman–Crippen LogP) is 5.85. The molecule has 2 aromatic carbocycles. The van der Waals surface area contributed by atoms with Gasteiger partial charge in [0.2, 0.25) is 5.91 Å². The van der Waals surface area contributed by atoms with E-state index in [9.17, 15) is 9.59 Å². The lowest BCUT2D eigenvalue weighted by atomic mass is 9.75. The summed E-state index contributed by atoms with van der Waals surface area (Å²) < 4.78 is 1.70. The van der Waals surface area contributed by atoms with Crippen LogP contribution in [0.3, 0.4) is 0 Å². The van der Waals surface area contributed by atoms with Crippen LogP contribution in [0.2, 0.25) is 5.02 Å². The zero-order chi connectivity index (χ0) is 21.8. The molecule has 164 valence electrons. The summed E-state index contributed by atoms with van der Waals surface area (Å²) in [7, 11) is 0. The Hall–Kier alpha value is -2.02. The number of amides is 1. The van der Waals surface area contributed by atoms with E-state index in [1.165, 1.54) is 36.2 Å². The van der Waals surface area contributed by atoms with Crippen molar-refractivity contribution in [1.29, 1.82) is 0 Å². The number of thioether (sulfide) groups is 1. The Morgan fingerprint density at radius 1 is 1.06 bits per heavy atom. The molecule has 4 nitrogen and oxygen atoms in total. The molecule has 0 spiro atoms. The Labute approximate surface area is 200 Å². The molecule has 1 amide bonds. The van der Waals surface area contributed by atoms with Gasteiger partial charge in [0, 0.05) is 26.8 Å². The number of carbonyl (C=O) groups excluding carboxylic acids is 1. The number of nitrogens with one attached hydrogen (secondary N) is 1. The standard InChI is InChI=1S/C25H23ClN2O2S2/c26-17-10-8-14(9-11-17)20-21-15-6-7-16(12-15)22(21)31-24-23(20)32-25(30)28(24)13-19(29)27-18-4-2-1-3-5-18/h1-5,8-11,15-16,20-22H,6-7,12-13H2,(H,27,29)/t15-,16-,20-,21+,22-/m0/s1. The third-order valence-electron chi connectivity index (χ3n) is 7.28. The number of para-hydroxylation sites is 1. The van der Waals surface area contributed by atoms with Crippen molar-refractivity contribution in [1.82, 2.24) is 4.57 Å². The number of rotatable bonds is 4. The van der Waals surface area contributed by atoms with Crippen LogP contribution in [0.25, 0.3) is 0 Å². The molecule has 2 fully saturated rings. The first kappa shape index (κ1) is 20.6. The number of hydrogen-bond donors (Lipinski definition) is 1. The van der Waals surface area contributed by atoms with Gasteiger partial charge in [0.25, 0.3) is 0 Å². The zero-order valence-electron chi connectivity index (χ0n) is 17.4. The molecule has 2 bridgehead atoms. The second-order valence-electron chi connectivity index (χ2n) is 9.06. The topological polar surface area (TPSA) is 51.1 Å². The smallest absolute Gasteiger partial charge is 0.308 e. The molecule has 3 aliphatic rings. The number of aromatic nitrogens is 1. The summed E-state index contributed by atoms with van der Waals surface area (Å²) in [6.45, 7) is 0.0470. The van der Waals surface area contributed by atoms with Crippen LogP contribution in [0.15, 0.2) is 64.4 Å². The van der Waals surface area contributed by atoms with Gasteiger partial charge in [-0.25, -0.2) is 0 Å². The quantitative estimate of drug-likeness (QED) is 0.507. The molecule has 3 aromatic rings. The Morgan fingerprint density at radius 3 is 2.59 bits per heavy atom. The maximum absolute atomic E-state index is 13.1. The van der Waals surface area contributed by atoms with Gasteiger partial charge in [0.15, 0.2) is 0 Å². The first-order valence-electron chi connectivity index (χ1n) is 11.1. The Bertz CT molecular complexity index is 1220. The van der Waals surface area contributed by atoms with Crippen molar-refractivity contribution in [2.45, 2.75) is 42.0 Å². The Balaban J connectivity index is 1.38. The molecule has 0 saturated heterocycles. The molecule has 1 aliphatic heterocycles. The van der Waals surface area contributed by atoms with Crippen LogP contribution in [0.5, 0.6) is 0 Å². The van der Waals surface area contributed by atoms with Crippen molar-refractivity contribution in [3.8, 4) is 0 Å². The number of hydrogen-bond acceptors (Lipinski definition) is 4. The van der Waals surface area contributed by atoms with Crippen LogP contribution in [0, 0.1) is 17.8 Å². The fourth-order valence-corrected chi connectivity index (χ4v) is 9.27. The van der Waals surface area contributed by atoms with Gasteiger partial charge < -0.3 is 5.32 Å². The van der Waals surface area contributed by atoms with E-state index in [1.807, 2.05) is 54.2 Å². The first-order valence-corrected chi connectivity index (χ1v) is 13.2. The molecule has 1 aromatic heterocycles. The van der Waals surface area contributed by atoms with Crippen molar-refractivity contribution in [3.63, 3.8) is 0 Å². The molecule has 7 heteroatoms. The van der Waals surface area contributed by atoms with Crippen molar-refractivity contribution in [2.24, 2.45) is 17.8 Å². The third-order valence-corrected chi connectivity index (χ3v) is 10.4. The van der Waals surface area contributed by atoms with Gasteiger partial charge in [-0.1, -0.05) is 53.3 Å². The molecular weight excluding hydrogens is 460 g/mol. The number of benzene rings is 2.